The number of anilines is 3. The number of piperidine rings is 1. The second-order valence-corrected chi connectivity index (χ2v) is 12.7. The summed E-state index contributed by atoms with van der Waals surface area (Å²) < 4.78 is 41.9. The van der Waals surface area contributed by atoms with Crippen LogP contribution in [0.1, 0.15) is 39.2 Å². The number of aromatic nitrogens is 4. The Morgan fingerprint density at radius 3 is 2.49 bits per heavy atom. The largest absolute Gasteiger partial charge is 0.465 e. The minimum absolute atomic E-state index is 0.165. The van der Waals surface area contributed by atoms with Crippen LogP contribution in [0.4, 0.5) is 40.0 Å². The van der Waals surface area contributed by atoms with Crippen LogP contribution in [0.5, 0.6) is 0 Å². The third-order valence-electron chi connectivity index (χ3n) is 8.43. The molecule has 3 amide bonds. The van der Waals surface area contributed by atoms with Crippen molar-refractivity contribution in [2.24, 2.45) is 0 Å². The molecule has 6 rings (SSSR count). The molecule has 0 aliphatic carbocycles. The molecule has 246 valence electrons. The summed E-state index contributed by atoms with van der Waals surface area (Å²) >= 11 is 0. The van der Waals surface area contributed by atoms with E-state index in [0.717, 1.165) is 37.2 Å². The fourth-order valence-electron chi connectivity index (χ4n) is 6.10. The maximum Gasteiger partial charge on any atom is 0.416 e. The fraction of sp³-hybridized carbons (Fsp3) is 0.364. The molecular formula is C33H35F3N8O3. The molecule has 1 saturated heterocycles. The van der Waals surface area contributed by atoms with Gasteiger partial charge in [-0.25, -0.2) is 14.6 Å². The van der Waals surface area contributed by atoms with E-state index in [9.17, 15) is 27.9 Å². The van der Waals surface area contributed by atoms with Crippen molar-refractivity contribution in [3.63, 3.8) is 0 Å². The van der Waals surface area contributed by atoms with Crippen LogP contribution in [0.15, 0.2) is 66.9 Å². The van der Waals surface area contributed by atoms with E-state index in [-0.39, 0.29) is 12.6 Å². The van der Waals surface area contributed by atoms with Crippen LogP contribution in [-0.2, 0) is 12.7 Å². The van der Waals surface area contributed by atoms with E-state index in [1.54, 1.807) is 46.1 Å². The van der Waals surface area contributed by atoms with Crippen LogP contribution < -0.4 is 15.1 Å². The number of benzene rings is 2. The first-order valence-corrected chi connectivity index (χ1v) is 15.3. The van der Waals surface area contributed by atoms with E-state index in [2.05, 4.69) is 20.5 Å². The summed E-state index contributed by atoms with van der Waals surface area (Å²) in [4.78, 5) is 35.5. The molecule has 2 aromatic heterocycles. The number of rotatable bonds is 6. The highest BCUT2D eigenvalue weighted by Crippen LogP contribution is 2.40. The summed E-state index contributed by atoms with van der Waals surface area (Å²) in [5.41, 5.74) is 1.84. The Hall–Kier alpha value is -5.14. The molecule has 1 fully saturated rings. The molecular weight excluding hydrogens is 613 g/mol. The first-order chi connectivity index (χ1) is 22.3. The van der Waals surface area contributed by atoms with Gasteiger partial charge in [0.2, 0.25) is 0 Å². The first kappa shape index (κ1) is 31.8. The molecule has 4 heterocycles. The van der Waals surface area contributed by atoms with E-state index < -0.39 is 29.4 Å². The van der Waals surface area contributed by atoms with Crippen molar-refractivity contribution in [3.05, 3.63) is 72.4 Å². The number of hydrogen-bond acceptors (Lipinski definition) is 6. The molecule has 14 heteroatoms. The predicted molar refractivity (Wildman–Crippen MR) is 171 cm³/mol. The minimum Gasteiger partial charge on any atom is -0.465 e. The van der Waals surface area contributed by atoms with Gasteiger partial charge in [0.25, 0.3) is 0 Å². The summed E-state index contributed by atoms with van der Waals surface area (Å²) in [6.07, 6.45) is -2.14. The van der Waals surface area contributed by atoms with Crippen molar-refractivity contribution in [3.8, 4) is 22.5 Å². The fourth-order valence-corrected chi connectivity index (χ4v) is 6.10. The number of amides is 3. The first-order valence-electron chi connectivity index (χ1n) is 15.3. The normalized spacial score (nSPS) is 16.1. The maximum atomic E-state index is 13.9. The standard InChI is InChI=1S/C33H35F3N8O3/c1-32(2,3)43(31(46)47)16-15-42-20-27(39-40-42)22-8-5-10-24(18-22)37-30(45)44-25-11-6-14-41(19-25)28-13-12-26(38-29(28)44)21-7-4-9-23(17-21)33(34,35)36/h4-5,7-10,12-13,17-18,20,25H,6,11,14-16,19H2,1-3H3,(H,37,45)(H,46,47)/t25-/m0/s1. The monoisotopic (exact) mass is 648 g/mol. The van der Waals surface area contributed by atoms with Crippen molar-refractivity contribution in [1.82, 2.24) is 24.9 Å². The lowest BCUT2D eigenvalue weighted by Gasteiger charge is -2.45. The highest BCUT2D eigenvalue weighted by molar-refractivity contribution is 6.04. The maximum absolute atomic E-state index is 13.9. The lowest BCUT2D eigenvalue weighted by atomic mass is 9.99. The van der Waals surface area contributed by atoms with Gasteiger partial charge in [0, 0.05) is 42.0 Å². The smallest absolute Gasteiger partial charge is 0.416 e. The van der Waals surface area contributed by atoms with E-state index in [0.29, 0.717) is 47.1 Å². The Morgan fingerprint density at radius 1 is 1.02 bits per heavy atom. The molecule has 2 aliphatic heterocycles. The van der Waals surface area contributed by atoms with Gasteiger partial charge in [0.15, 0.2) is 5.82 Å². The average Bonchev–Trinajstić information content (AvgIpc) is 3.49. The number of carboxylic acid groups (broad SMARTS) is 1. The number of hydrogen-bond donors (Lipinski definition) is 2. The van der Waals surface area contributed by atoms with Crippen LogP contribution >= 0.6 is 0 Å². The lowest BCUT2D eigenvalue weighted by Crippen LogP contribution is -2.56. The molecule has 47 heavy (non-hydrogen) atoms. The second-order valence-electron chi connectivity index (χ2n) is 12.7. The summed E-state index contributed by atoms with van der Waals surface area (Å²) in [6.45, 7) is 7.45. The Labute approximate surface area is 269 Å². The number of alkyl halides is 3. The summed E-state index contributed by atoms with van der Waals surface area (Å²) in [7, 11) is 0. The summed E-state index contributed by atoms with van der Waals surface area (Å²) in [6, 6.07) is 15.1. The predicted octanol–water partition coefficient (Wildman–Crippen LogP) is 6.83. The van der Waals surface area contributed by atoms with E-state index in [1.807, 2.05) is 32.9 Å². The number of pyridine rings is 1. The quantitative estimate of drug-likeness (QED) is 0.235. The van der Waals surface area contributed by atoms with Crippen LogP contribution in [-0.4, -0.2) is 73.3 Å². The number of urea groups is 1. The van der Waals surface area contributed by atoms with Crippen LogP contribution in [0.3, 0.4) is 0 Å². The zero-order valence-electron chi connectivity index (χ0n) is 26.2. The minimum atomic E-state index is -4.49. The Balaban J connectivity index is 1.23. The SMILES string of the molecule is CC(C)(C)N(CCn1cc(-c2cccc(NC(=O)N3c4nc(-c5cccc(C(F)(F)F)c5)ccc4N4CCC[C@H]3C4)c2)nn1)C(=O)O. The van der Waals surface area contributed by atoms with Crippen molar-refractivity contribution in [2.75, 3.05) is 34.8 Å². The molecule has 2 N–H and O–H groups in total. The van der Waals surface area contributed by atoms with Crippen molar-refractivity contribution >= 4 is 29.3 Å². The Kier molecular flexibility index (Phi) is 8.28. The van der Waals surface area contributed by atoms with Gasteiger partial charge >= 0.3 is 18.3 Å². The van der Waals surface area contributed by atoms with Crippen molar-refractivity contribution in [2.45, 2.75) is 57.9 Å². The van der Waals surface area contributed by atoms with Gasteiger partial charge in [-0.2, -0.15) is 13.2 Å². The van der Waals surface area contributed by atoms with Gasteiger partial charge in [0.05, 0.1) is 35.7 Å². The van der Waals surface area contributed by atoms with E-state index >= 15 is 0 Å². The summed E-state index contributed by atoms with van der Waals surface area (Å²) in [5, 5.41) is 21.0. The highest BCUT2D eigenvalue weighted by atomic mass is 19.4. The Bertz CT molecular complexity index is 1800. The van der Waals surface area contributed by atoms with Gasteiger partial charge in [-0.1, -0.05) is 29.5 Å². The van der Waals surface area contributed by atoms with Crippen LogP contribution in [0.2, 0.25) is 0 Å². The molecule has 4 aromatic rings. The van der Waals surface area contributed by atoms with Gasteiger partial charge in [-0.3, -0.25) is 9.58 Å². The third-order valence-corrected chi connectivity index (χ3v) is 8.43. The van der Waals surface area contributed by atoms with Gasteiger partial charge < -0.3 is 20.2 Å². The zero-order valence-corrected chi connectivity index (χ0v) is 26.2. The van der Waals surface area contributed by atoms with Gasteiger partial charge in [-0.15, -0.1) is 5.10 Å². The molecule has 0 saturated carbocycles. The van der Waals surface area contributed by atoms with Crippen LogP contribution in [0.25, 0.3) is 22.5 Å². The molecule has 0 spiro atoms. The molecule has 2 aliphatic rings. The van der Waals surface area contributed by atoms with Gasteiger partial charge in [-0.05, 0) is 70.0 Å². The second kappa shape index (κ2) is 12.2. The molecule has 2 bridgehead atoms. The average molecular weight is 649 g/mol. The van der Waals surface area contributed by atoms with E-state index in [4.69, 9.17) is 4.98 Å². The highest BCUT2D eigenvalue weighted by Gasteiger charge is 2.38. The Morgan fingerprint density at radius 2 is 1.77 bits per heavy atom. The zero-order chi connectivity index (χ0) is 33.5. The molecule has 11 nitrogen and oxygen atoms in total. The summed E-state index contributed by atoms with van der Waals surface area (Å²) in [5.74, 6) is 0.401. The molecule has 0 unspecified atom stereocenters. The number of carbonyl (C=O) groups excluding carboxylic acids is 1. The molecule has 2 aromatic carbocycles. The van der Waals surface area contributed by atoms with Crippen molar-refractivity contribution in [1.29, 1.82) is 0 Å². The topological polar surface area (TPSA) is 120 Å². The third kappa shape index (κ3) is 6.71. The number of nitrogens with one attached hydrogen (secondary N) is 1. The lowest BCUT2D eigenvalue weighted by molar-refractivity contribution is -0.137. The van der Waals surface area contributed by atoms with Gasteiger partial charge in [0.1, 0.15) is 5.69 Å². The van der Waals surface area contributed by atoms with Crippen molar-refractivity contribution < 1.29 is 27.9 Å². The number of fused-ring (bicyclic) bond motifs is 4. The van der Waals surface area contributed by atoms with E-state index in [1.165, 1.54) is 11.0 Å². The molecule has 1 atom stereocenters. The van der Waals surface area contributed by atoms with Crippen LogP contribution in [0, 0.1) is 0 Å². The number of nitrogens with zero attached hydrogens (tertiary/aromatic N) is 7. The number of carbonyl (C=O) groups is 2. The number of halogens is 3. The molecule has 0 radical (unpaired) electrons.